The molecule has 0 saturated carbocycles. The molecule has 0 aliphatic carbocycles. The van der Waals surface area contributed by atoms with Crippen LogP contribution in [0.25, 0.3) is 0 Å². The van der Waals surface area contributed by atoms with E-state index in [1.807, 2.05) is 56.3 Å². The molecule has 0 unspecified atom stereocenters. The Morgan fingerprint density at radius 3 is 2.26 bits per heavy atom. The van der Waals surface area contributed by atoms with Gasteiger partial charge >= 0.3 is 0 Å². The Morgan fingerprint density at radius 2 is 1.63 bits per heavy atom. The van der Waals surface area contributed by atoms with Gasteiger partial charge in [-0.25, -0.2) is 8.42 Å². The fourth-order valence-electron chi connectivity index (χ4n) is 4.18. The van der Waals surface area contributed by atoms with Crippen LogP contribution >= 0.6 is 0 Å². The number of carbonyl (C=O) groups is 1. The highest BCUT2D eigenvalue weighted by molar-refractivity contribution is 7.89. The average Bonchev–Trinajstić information content (AvgIpc) is 2.88. The predicted molar refractivity (Wildman–Crippen MR) is 149 cm³/mol. The van der Waals surface area contributed by atoms with Gasteiger partial charge in [-0.05, 0) is 59.9 Å². The Morgan fingerprint density at radius 1 is 0.974 bits per heavy atom. The summed E-state index contributed by atoms with van der Waals surface area (Å²) in [6.07, 6.45) is -0.732. The van der Waals surface area contributed by atoms with Crippen LogP contribution in [0.4, 0.5) is 5.69 Å². The van der Waals surface area contributed by atoms with Gasteiger partial charge < -0.3 is 20.9 Å². The number of methoxy groups -OCH3 is 1. The second kappa shape index (κ2) is 13.4. The van der Waals surface area contributed by atoms with Gasteiger partial charge in [-0.3, -0.25) is 4.79 Å². The van der Waals surface area contributed by atoms with Gasteiger partial charge in [-0.15, -0.1) is 0 Å². The molecule has 204 valence electrons. The maximum Gasteiger partial charge on any atom is 0.243 e. The molecule has 0 spiro atoms. The number of aliphatic hydroxyl groups is 1. The van der Waals surface area contributed by atoms with Crippen molar-refractivity contribution in [3.8, 4) is 5.75 Å². The lowest BCUT2D eigenvalue weighted by atomic mass is 10.00. The first-order valence-electron chi connectivity index (χ1n) is 12.6. The topological polar surface area (TPSA) is 122 Å². The van der Waals surface area contributed by atoms with Gasteiger partial charge in [0.15, 0.2) is 0 Å². The molecule has 0 aliphatic heterocycles. The van der Waals surface area contributed by atoms with Gasteiger partial charge in [0.1, 0.15) is 5.75 Å². The maximum absolute atomic E-state index is 13.5. The van der Waals surface area contributed by atoms with Crippen LogP contribution in [0.2, 0.25) is 0 Å². The number of nitrogen functional groups attached to an aromatic ring is 1. The number of nitrogens with two attached hydrogens (primary N) is 1. The second-order valence-electron chi connectivity index (χ2n) is 9.74. The first kappa shape index (κ1) is 29.2. The number of sulfonamides is 1. The molecular formula is C29H37N3O5S. The van der Waals surface area contributed by atoms with Crippen molar-refractivity contribution in [2.45, 2.75) is 43.7 Å². The van der Waals surface area contributed by atoms with E-state index in [0.29, 0.717) is 17.9 Å². The number of benzene rings is 3. The average molecular weight is 540 g/mol. The van der Waals surface area contributed by atoms with Crippen LogP contribution in [0, 0.1) is 5.92 Å². The summed E-state index contributed by atoms with van der Waals surface area (Å²) in [5.41, 5.74) is 7.88. The van der Waals surface area contributed by atoms with E-state index in [1.54, 1.807) is 19.2 Å². The number of amides is 1. The van der Waals surface area contributed by atoms with E-state index in [0.717, 1.165) is 11.1 Å². The first-order valence-corrected chi connectivity index (χ1v) is 14.0. The number of rotatable bonds is 13. The third kappa shape index (κ3) is 8.31. The molecule has 3 aromatic rings. The molecule has 0 bridgehead atoms. The summed E-state index contributed by atoms with van der Waals surface area (Å²) in [5.74, 6) is 0.379. The van der Waals surface area contributed by atoms with E-state index >= 15 is 0 Å². The van der Waals surface area contributed by atoms with Crippen molar-refractivity contribution in [3.63, 3.8) is 0 Å². The Hall–Kier alpha value is -3.40. The van der Waals surface area contributed by atoms with Crippen molar-refractivity contribution in [2.75, 3.05) is 25.9 Å². The Bertz CT molecular complexity index is 1280. The number of carbonyl (C=O) groups excluding carboxylic acids is 1. The zero-order valence-corrected chi connectivity index (χ0v) is 22.9. The van der Waals surface area contributed by atoms with Crippen LogP contribution in [0.3, 0.4) is 0 Å². The summed E-state index contributed by atoms with van der Waals surface area (Å²) >= 11 is 0. The van der Waals surface area contributed by atoms with Gasteiger partial charge in [0, 0.05) is 18.8 Å². The zero-order chi connectivity index (χ0) is 27.7. The minimum atomic E-state index is -3.91. The minimum absolute atomic E-state index is 0.0148. The summed E-state index contributed by atoms with van der Waals surface area (Å²) in [4.78, 5) is 13.1. The third-order valence-electron chi connectivity index (χ3n) is 6.09. The smallest absolute Gasteiger partial charge is 0.243 e. The van der Waals surface area contributed by atoms with Crippen LogP contribution in [0.5, 0.6) is 5.75 Å². The SMILES string of the molecule is COc1cccc(CC(=O)N[C@@H](Cc2ccccc2)[C@H](O)CN(CC(C)C)S(=O)(=O)c2ccc(N)cc2)c1. The number of hydrogen-bond acceptors (Lipinski definition) is 6. The fraction of sp³-hybridized carbons (Fsp3) is 0.345. The Balaban J connectivity index is 1.83. The highest BCUT2D eigenvalue weighted by atomic mass is 32.2. The molecule has 0 aliphatic rings. The molecule has 0 aromatic heterocycles. The molecule has 3 aromatic carbocycles. The van der Waals surface area contributed by atoms with Gasteiger partial charge in [0.05, 0.1) is 30.6 Å². The van der Waals surface area contributed by atoms with Gasteiger partial charge in [-0.2, -0.15) is 4.31 Å². The van der Waals surface area contributed by atoms with Crippen molar-refractivity contribution in [1.82, 2.24) is 9.62 Å². The minimum Gasteiger partial charge on any atom is -0.497 e. The van der Waals surface area contributed by atoms with Crippen LogP contribution in [-0.2, 0) is 27.7 Å². The summed E-state index contributed by atoms with van der Waals surface area (Å²) in [5, 5.41) is 14.3. The van der Waals surface area contributed by atoms with Crippen LogP contribution < -0.4 is 15.8 Å². The fourth-order valence-corrected chi connectivity index (χ4v) is 5.80. The van der Waals surface area contributed by atoms with Crippen LogP contribution in [-0.4, -0.2) is 56.1 Å². The molecular weight excluding hydrogens is 502 g/mol. The number of ether oxygens (including phenoxy) is 1. The molecule has 9 heteroatoms. The van der Waals surface area contributed by atoms with Crippen molar-refractivity contribution in [1.29, 1.82) is 0 Å². The van der Waals surface area contributed by atoms with E-state index in [9.17, 15) is 18.3 Å². The van der Waals surface area contributed by atoms with Crippen molar-refractivity contribution in [2.24, 2.45) is 5.92 Å². The molecule has 4 N–H and O–H groups in total. The highest BCUT2D eigenvalue weighted by Crippen LogP contribution is 2.20. The number of aliphatic hydroxyl groups excluding tert-OH is 1. The Kier molecular flexibility index (Phi) is 10.3. The van der Waals surface area contributed by atoms with Gasteiger partial charge in [-0.1, -0.05) is 56.3 Å². The molecule has 8 nitrogen and oxygen atoms in total. The lowest BCUT2D eigenvalue weighted by Gasteiger charge is -2.31. The second-order valence-corrected chi connectivity index (χ2v) is 11.7. The summed E-state index contributed by atoms with van der Waals surface area (Å²) in [6, 6.07) is 22.0. The summed E-state index contributed by atoms with van der Waals surface area (Å²) in [7, 11) is -2.35. The summed E-state index contributed by atoms with van der Waals surface area (Å²) in [6.45, 7) is 3.85. The van der Waals surface area contributed by atoms with E-state index < -0.39 is 22.2 Å². The van der Waals surface area contributed by atoms with Crippen molar-refractivity contribution in [3.05, 3.63) is 90.0 Å². The van der Waals surface area contributed by atoms with E-state index in [-0.39, 0.29) is 36.2 Å². The lowest BCUT2D eigenvalue weighted by Crippen LogP contribution is -2.51. The lowest BCUT2D eigenvalue weighted by molar-refractivity contribution is -0.122. The maximum atomic E-state index is 13.5. The van der Waals surface area contributed by atoms with E-state index in [4.69, 9.17) is 10.5 Å². The van der Waals surface area contributed by atoms with Crippen molar-refractivity contribution >= 4 is 21.6 Å². The monoisotopic (exact) mass is 539 g/mol. The largest absolute Gasteiger partial charge is 0.497 e. The summed E-state index contributed by atoms with van der Waals surface area (Å²) < 4.78 is 33.5. The number of hydrogen-bond donors (Lipinski definition) is 3. The number of nitrogens with one attached hydrogen (secondary N) is 1. The number of anilines is 1. The predicted octanol–water partition coefficient (Wildman–Crippen LogP) is 3.26. The third-order valence-corrected chi connectivity index (χ3v) is 7.93. The van der Waals surface area contributed by atoms with Gasteiger partial charge in [0.25, 0.3) is 0 Å². The van der Waals surface area contributed by atoms with Gasteiger partial charge in [0.2, 0.25) is 15.9 Å². The van der Waals surface area contributed by atoms with Crippen LogP contribution in [0.15, 0.2) is 83.8 Å². The molecule has 38 heavy (non-hydrogen) atoms. The molecule has 0 radical (unpaired) electrons. The molecule has 2 atom stereocenters. The standard InChI is InChI=1S/C29H37N3O5S/c1-21(2)19-32(38(35,36)26-14-12-24(30)13-15-26)20-28(33)27(17-22-8-5-4-6-9-22)31-29(34)18-23-10-7-11-25(16-23)37-3/h4-16,21,27-28,33H,17-20,30H2,1-3H3,(H,31,34)/t27-,28+/m0/s1. The van der Waals surface area contributed by atoms with Crippen molar-refractivity contribution < 1.29 is 23.1 Å². The molecule has 0 saturated heterocycles. The van der Waals surface area contributed by atoms with E-state index in [2.05, 4.69) is 5.32 Å². The molecule has 0 heterocycles. The molecule has 1 amide bonds. The Labute approximate surface area is 225 Å². The quantitative estimate of drug-likeness (QED) is 0.287. The molecule has 0 fully saturated rings. The molecule has 3 rings (SSSR count). The van der Waals surface area contributed by atoms with Crippen LogP contribution in [0.1, 0.15) is 25.0 Å². The normalized spacial score (nSPS) is 13.3. The van der Waals surface area contributed by atoms with E-state index in [1.165, 1.54) is 28.6 Å². The number of nitrogens with zero attached hydrogens (tertiary/aromatic N) is 1. The highest BCUT2D eigenvalue weighted by Gasteiger charge is 2.31. The zero-order valence-electron chi connectivity index (χ0n) is 22.1. The first-order chi connectivity index (χ1) is 18.1.